The van der Waals surface area contributed by atoms with Crippen LogP contribution in [0.3, 0.4) is 0 Å². The number of cyclic esters (lactones) is 1. The number of morpholine rings is 1. The van der Waals surface area contributed by atoms with Crippen LogP contribution in [0.25, 0.3) is 0 Å². The average molecular weight is 307 g/mol. The van der Waals surface area contributed by atoms with Crippen LogP contribution in [-0.2, 0) is 14.3 Å². The van der Waals surface area contributed by atoms with Crippen molar-refractivity contribution in [2.75, 3.05) is 25.0 Å². The fourth-order valence-electron chi connectivity index (χ4n) is 2.34. The molecular formula is C14H17N3O5. The average Bonchev–Trinajstić information content (AvgIpc) is 2.49. The lowest BCUT2D eigenvalue weighted by Gasteiger charge is -2.32. The van der Waals surface area contributed by atoms with Gasteiger partial charge in [0.05, 0.1) is 11.3 Å². The number of likely N-dealkylation sites (N-methyl/N-ethyl adjacent to an activating group) is 1. The minimum atomic E-state index is -0.613. The standard InChI is InChI=1S/C14H17N3O5/c1-2-16-6-7-22-14(19)12(16)9-13(18)15-10-4-3-5-11(8-10)17(20)21/h3-5,8,12H,2,6-7,9H2,1H3,(H,15,18)/t12-/m0/s1. The van der Waals surface area contributed by atoms with Gasteiger partial charge in [-0.15, -0.1) is 0 Å². The Morgan fingerprint density at radius 3 is 3.00 bits per heavy atom. The number of hydrogen-bond acceptors (Lipinski definition) is 6. The quantitative estimate of drug-likeness (QED) is 0.498. The van der Waals surface area contributed by atoms with Gasteiger partial charge in [0.25, 0.3) is 5.69 Å². The number of ether oxygens (including phenoxy) is 1. The first kappa shape index (κ1) is 15.9. The van der Waals surface area contributed by atoms with Gasteiger partial charge in [-0.25, -0.2) is 0 Å². The number of non-ortho nitro benzene ring substituents is 1. The van der Waals surface area contributed by atoms with E-state index < -0.39 is 16.9 Å². The monoisotopic (exact) mass is 307 g/mol. The molecule has 0 radical (unpaired) electrons. The molecule has 0 unspecified atom stereocenters. The van der Waals surface area contributed by atoms with E-state index >= 15 is 0 Å². The molecule has 1 aliphatic rings. The Morgan fingerprint density at radius 2 is 2.32 bits per heavy atom. The highest BCUT2D eigenvalue weighted by Gasteiger charge is 2.32. The van der Waals surface area contributed by atoms with E-state index in [1.165, 1.54) is 18.2 Å². The van der Waals surface area contributed by atoms with Gasteiger partial charge >= 0.3 is 5.97 Å². The summed E-state index contributed by atoms with van der Waals surface area (Å²) in [5.41, 5.74) is 0.219. The second-order valence-corrected chi connectivity index (χ2v) is 4.87. The van der Waals surface area contributed by atoms with Gasteiger partial charge in [-0.2, -0.15) is 0 Å². The molecular weight excluding hydrogens is 290 g/mol. The van der Waals surface area contributed by atoms with Crippen molar-refractivity contribution < 1.29 is 19.2 Å². The summed E-state index contributed by atoms with van der Waals surface area (Å²) < 4.78 is 4.97. The van der Waals surface area contributed by atoms with Crippen molar-refractivity contribution >= 4 is 23.3 Å². The Hall–Kier alpha value is -2.48. The summed E-state index contributed by atoms with van der Waals surface area (Å²) in [7, 11) is 0. The molecule has 1 aliphatic heterocycles. The minimum absolute atomic E-state index is 0.0463. The van der Waals surface area contributed by atoms with Gasteiger partial charge in [0, 0.05) is 24.4 Å². The van der Waals surface area contributed by atoms with E-state index in [0.29, 0.717) is 25.4 Å². The Morgan fingerprint density at radius 1 is 1.55 bits per heavy atom. The van der Waals surface area contributed by atoms with E-state index in [1.54, 1.807) is 6.07 Å². The first-order valence-electron chi connectivity index (χ1n) is 6.96. The second kappa shape index (κ2) is 6.99. The molecule has 1 heterocycles. The summed E-state index contributed by atoms with van der Waals surface area (Å²) in [5, 5.41) is 13.3. The molecule has 8 nitrogen and oxygen atoms in total. The number of anilines is 1. The number of rotatable bonds is 5. The highest BCUT2D eigenvalue weighted by atomic mass is 16.6. The summed E-state index contributed by atoms with van der Waals surface area (Å²) in [6.45, 7) is 3.47. The Labute approximate surface area is 127 Å². The van der Waals surface area contributed by atoms with Crippen LogP contribution in [0.4, 0.5) is 11.4 Å². The van der Waals surface area contributed by atoms with Gasteiger partial charge in [0.15, 0.2) is 0 Å². The fraction of sp³-hybridized carbons (Fsp3) is 0.429. The first-order valence-corrected chi connectivity index (χ1v) is 6.96. The van der Waals surface area contributed by atoms with Gasteiger partial charge in [-0.05, 0) is 12.6 Å². The lowest BCUT2D eigenvalue weighted by Crippen LogP contribution is -2.50. The van der Waals surface area contributed by atoms with Gasteiger partial charge in [0.1, 0.15) is 12.6 Å². The summed E-state index contributed by atoms with van der Waals surface area (Å²) in [6, 6.07) is 5.04. The highest BCUT2D eigenvalue weighted by molar-refractivity contribution is 5.94. The van der Waals surface area contributed by atoms with Crippen LogP contribution in [0.2, 0.25) is 0 Å². The molecule has 1 aromatic carbocycles. The molecule has 1 amide bonds. The molecule has 0 aliphatic carbocycles. The number of carbonyl (C=O) groups excluding carboxylic acids is 2. The summed E-state index contributed by atoms with van der Waals surface area (Å²) in [5.74, 6) is -0.801. The fourth-order valence-corrected chi connectivity index (χ4v) is 2.34. The number of carbonyl (C=O) groups is 2. The van der Waals surface area contributed by atoms with Crippen molar-refractivity contribution in [3.05, 3.63) is 34.4 Å². The number of nitro benzene ring substituents is 1. The smallest absolute Gasteiger partial charge is 0.323 e. The van der Waals surface area contributed by atoms with Crippen LogP contribution in [0.1, 0.15) is 13.3 Å². The van der Waals surface area contributed by atoms with E-state index in [-0.39, 0.29) is 18.0 Å². The van der Waals surface area contributed by atoms with E-state index in [0.717, 1.165) is 0 Å². The number of esters is 1. The van der Waals surface area contributed by atoms with Crippen molar-refractivity contribution in [3.63, 3.8) is 0 Å². The van der Waals surface area contributed by atoms with Crippen LogP contribution in [0, 0.1) is 10.1 Å². The maximum absolute atomic E-state index is 12.1. The molecule has 0 saturated carbocycles. The van der Waals surface area contributed by atoms with Crippen molar-refractivity contribution in [2.24, 2.45) is 0 Å². The molecule has 1 aromatic rings. The molecule has 8 heteroatoms. The summed E-state index contributed by atoms with van der Waals surface area (Å²) in [4.78, 5) is 35.9. The maximum Gasteiger partial charge on any atom is 0.323 e. The zero-order valence-corrected chi connectivity index (χ0v) is 12.2. The number of amides is 1. The second-order valence-electron chi connectivity index (χ2n) is 4.87. The van der Waals surface area contributed by atoms with Crippen LogP contribution in [0.5, 0.6) is 0 Å². The van der Waals surface area contributed by atoms with E-state index in [4.69, 9.17) is 4.74 Å². The number of nitrogens with one attached hydrogen (secondary N) is 1. The third kappa shape index (κ3) is 3.79. The summed E-state index contributed by atoms with van der Waals surface area (Å²) in [6.07, 6.45) is -0.0463. The topological polar surface area (TPSA) is 102 Å². The lowest BCUT2D eigenvalue weighted by atomic mass is 10.1. The largest absolute Gasteiger partial charge is 0.463 e. The van der Waals surface area contributed by atoms with Crippen LogP contribution >= 0.6 is 0 Å². The zero-order valence-electron chi connectivity index (χ0n) is 12.2. The van der Waals surface area contributed by atoms with Crippen molar-refractivity contribution in [1.29, 1.82) is 0 Å². The van der Waals surface area contributed by atoms with Crippen molar-refractivity contribution in [2.45, 2.75) is 19.4 Å². The number of nitro groups is 1. The minimum Gasteiger partial charge on any atom is -0.463 e. The Bertz CT molecular complexity index is 590. The lowest BCUT2D eigenvalue weighted by molar-refractivity contribution is -0.384. The third-order valence-electron chi connectivity index (χ3n) is 3.46. The molecule has 0 aromatic heterocycles. The molecule has 2 rings (SSSR count). The molecule has 118 valence electrons. The number of nitrogens with zero attached hydrogens (tertiary/aromatic N) is 2. The molecule has 1 atom stereocenters. The van der Waals surface area contributed by atoms with Crippen molar-refractivity contribution in [1.82, 2.24) is 4.90 Å². The van der Waals surface area contributed by atoms with E-state index in [1.807, 2.05) is 11.8 Å². The SMILES string of the molecule is CCN1CCOC(=O)[C@@H]1CC(=O)Nc1cccc([N+](=O)[O-])c1. The predicted octanol–water partition coefficient (Wildman–Crippen LogP) is 1.17. The van der Waals surface area contributed by atoms with Crippen molar-refractivity contribution in [3.8, 4) is 0 Å². The Kier molecular flexibility index (Phi) is 5.05. The van der Waals surface area contributed by atoms with Gasteiger partial charge < -0.3 is 10.1 Å². The molecule has 0 bridgehead atoms. The summed E-state index contributed by atoms with van der Waals surface area (Å²) >= 11 is 0. The van der Waals surface area contributed by atoms with Crippen LogP contribution in [-0.4, -0.2) is 47.4 Å². The van der Waals surface area contributed by atoms with Crippen LogP contribution < -0.4 is 5.32 Å². The van der Waals surface area contributed by atoms with E-state index in [2.05, 4.69) is 5.32 Å². The maximum atomic E-state index is 12.1. The van der Waals surface area contributed by atoms with Gasteiger partial charge in [-0.3, -0.25) is 24.6 Å². The molecule has 0 spiro atoms. The molecule has 1 saturated heterocycles. The predicted molar refractivity (Wildman–Crippen MR) is 78.3 cm³/mol. The van der Waals surface area contributed by atoms with E-state index in [9.17, 15) is 19.7 Å². The number of benzene rings is 1. The highest BCUT2D eigenvalue weighted by Crippen LogP contribution is 2.18. The normalized spacial score (nSPS) is 18.6. The molecule has 1 fully saturated rings. The first-order chi connectivity index (χ1) is 10.5. The van der Waals surface area contributed by atoms with Gasteiger partial charge in [-0.1, -0.05) is 13.0 Å². The Balaban J connectivity index is 2.01. The number of hydrogen-bond donors (Lipinski definition) is 1. The molecule has 22 heavy (non-hydrogen) atoms. The van der Waals surface area contributed by atoms with Crippen LogP contribution in [0.15, 0.2) is 24.3 Å². The molecule has 1 N–H and O–H groups in total. The third-order valence-corrected chi connectivity index (χ3v) is 3.46. The zero-order chi connectivity index (χ0) is 16.1. The van der Waals surface area contributed by atoms with Gasteiger partial charge in [0.2, 0.25) is 5.91 Å².